The molecule has 0 aliphatic carbocycles. The highest BCUT2D eigenvalue weighted by Gasteiger charge is 2.34. The molecule has 35 heavy (non-hydrogen) atoms. The number of thiocarbonyl (C=S) groups is 1. The van der Waals surface area contributed by atoms with Crippen molar-refractivity contribution in [1.82, 2.24) is 9.88 Å². The SMILES string of the molecule is COc1ccc(N2C(=O)/C(=C/c3cn(Cc4ccccc4F)c4ccccc34)C(=O)NC2=S)cc1. The van der Waals surface area contributed by atoms with E-state index in [1.807, 2.05) is 35.0 Å². The number of rotatable bonds is 5. The average molecular weight is 486 g/mol. The molecule has 0 bridgehead atoms. The van der Waals surface area contributed by atoms with Gasteiger partial charge in [-0.1, -0.05) is 36.4 Å². The third-order valence-corrected chi connectivity index (χ3v) is 6.13. The molecule has 0 radical (unpaired) electrons. The fraction of sp³-hybridized carbons (Fsp3) is 0.0741. The summed E-state index contributed by atoms with van der Waals surface area (Å²) < 4.78 is 21.4. The van der Waals surface area contributed by atoms with Crippen molar-refractivity contribution < 1.29 is 18.7 Å². The van der Waals surface area contributed by atoms with Crippen molar-refractivity contribution in [2.75, 3.05) is 12.0 Å². The number of carbonyl (C=O) groups is 2. The van der Waals surface area contributed by atoms with Crippen LogP contribution in [0.4, 0.5) is 10.1 Å². The fourth-order valence-electron chi connectivity index (χ4n) is 4.11. The molecule has 0 spiro atoms. The topological polar surface area (TPSA) is 63.6 Å². The van der Waals surface area contributed by atoms with Crippen LogP contribution in [0, 0.1) is 5.82 Å². The zero-order valence-electron chi connectivity index (χ0n) is 18.7. The second-order valence-electron chi connectivity index (χ2n) is 7.98. The first kappa shape index (κ1) is 22.5. The van der Waals surface area contributed by atoms with Crippen LogP contribution in [-0.4, -0.2) is 28.6 Å². The smallest absolute Gasteiger partial charge is 0.270 e. The first-order valence-corrected chi connectivity index (χ1v) is 11.2. The molecular weight excluding hydrogens is 465 g/mol. The third kappa shape index (κ3) is 4.20. The number of para-hydroxylation sites is 1. The number of amides is 2. The van der Waals surface area contributed by atoms with Gasteiger partial charge in [0.05, 0.1) is 19.3 Å². The highest BCUT2D eigenvalue weighted by molar-refractivity contribution is 7.80. The van der Waals surface area contributed by atoms with Gasteiger partial charge >= 0.3 is 0 Å². The number of hydrogen-bond donors (Lipinski definition) is 1. The van der Waals surface area contributed by atoms with Crippen LogP contribution in [0.5, 0.6) is 5.75 Å². The standard InChI is InChI=1S/C27H20FN3O3S/c1-34-20-12-10-19(11-13-20)31-26(33)22(25(32)29-27(31)35)14-18-16-30(24-9-5-3-7-21(18)24)15-17-6-2-4-8-23(17)28/h2-14,16H,15H2,1H3,(H,29,32,35)/b22-14+. The molecule has 4 aromatic rings. The number of methoxy groups -OCH3 is 1. The van der Waals surface area contributed by atoms with E-state index in [1.165, 1.54) is 11.0 Å². The Hall–Kier alpha value is -4.30. The number of anilines is 1. The van der Waals surface area contributed by atoms with E-state index < -0.39 is 11.8 Å². The van der Waals surface area contributed by atoms with Gasteiger partial charge in [0.15, 0.2) is 5.11 Å². The molecule has 8 heteroatoms. The van der Waals surface area contributed by atoms with E-state index in [-0.39, 0.29) is 16.5 Å². The predicted molar refractivity (Wildman–Crippen MR) is 137 cm³/mol. The Morgan fingerprint density at radius 1 is 1.00 bits per heavy atom. The maximum Gasteiger partial charge on any atom is 0.270 e. The van der Waals surface area contributed by atoms with Crippen molar-refractivity contribution in [1.29, 1.82) is 0 Å². The molecule has 174 valence electrons. The highest BCUT2D eigenvalue weighted by Crippen LogP contribution is 2.28. The Kier molecular flexibility index (Phi) is 5.88. The van der Waals surface area contributed by atoms with Crippen molar-refractivity contribution in [3.05, 3.63) is 102 Å². The molecule has 1 aliphatic rings. The first-order chi connectivity index (χ1) is 17.0. The van der Waals surface area contributed by atoms with Crippen LogP contribution in [0.2, 0.25) is 0 Å². The molecule has 1 aromatic heterocycles. The number of aromatic nitrogens is 1. The number of carbonyl (C=O) groups excluding carboxylic acids is 2. The van der Waals surface area contributed by atoms with Gasteiger partial charge in [0.1, 0.15) is 17.1 Å². The zero-order valence-corrected chi connectivity index (χ0v) is 19.5. The Morgan fingerprint density at radius 3 is 2.46 bits per heavy atom. The molecule has 1 aliphatic heterocycles. The molecule has 3 aromatic carbocycles. The normalized spacial score (nSPS) is 15.1. The maximum absolute atomic E-state index is 14.3. The lowest BCUT2D eigenvalue weighted by Crippen LogP contribution is -2.54. The van der Waals surface area contributed by atoms with E-state index in [4.69, 9.17) is 17.0 Å². The maximum atomic E-state index is 14.3. The van der Waals surface area contributed by atoms with Crippen LogP contribution in [0.25, 0.3) is 17.0 Å². The Balaban J connectivity index is 1.56. The minimum absolute atomic E-state index is 0.00398. The number of fused-ring (bicyclic) bond motifs is 1. The minimum Gasteiger partial charge on any atom is -0.497 e. The molecule has 0 unspecified atom stereocenters. The van der Waals surface area contributed by atoms with Gasteiger partial charge in [-0.05, 0) is 54.7 Å². The van der Waals surface area contributed by atoms with Crippen LogP contribution in [0.15, 0.2) is 84.6 Å². The molecule has 5 rings (SSSR count). The van der Waals surface area contributed by atoms with Gasteiger partial charge in [-0.2, -0.15) is 0 Å². The Morgan fingerprint density at radius 2 is 1.71 bits per heavy atom. The van der Waals surface area contributed by atoms with Gasteiger partial charge < -0.3 is 9.30 Å². The van der Waals surface area contributed by atoms with Gasteiger partial charge in [0.25, 0.3) is 11.8 Å². The van der Waals surface area contributed by atoms with Crippen LogP contribution in [0.3, 0.4) is 0 Å². The van der Waals surface area contributed by atoms with Crippen molar-refractivity contribution in [3.63, 3.8) is 0 Å². The number of nitrogens with zero attached hydrogens (tertiary/aromatic N) is 2. The predicted octanol–water partition coefficient (Wildman–Crippen LogP) is 4.67. The van der Waals surface area contributed by atoms with Gasteiger partial charge in [0.2, 0.25) is 0 Å². The number of benzene rings is 3. The van der Waals surface area contributed by atoms with Crippen molar-refractivity contribution >= 4 is 51.8 Å². The fourth-order valence-corrected chi connectivity index (χ4v) is 4.39. The number of halogens is 1. The van der Waals surface area contributed by atoms with Gasteiger partial charge in [-0.3, -0.25) is 19.8 Å². The summed E-state index contributed by atoms with van der Waals surface area (Å²) in [7, 11) is 1.55. The summed E-state index contributed by atoms with van der Waals surface area (Å²) in [6.45, 7) is 0.304. The highest BCUT2D eigenvalue weighted by atomic mass is 32.1. The van der Waals surface area contributed by atoms with Crippen LogP contribution in [-0.2, 0) is 16.1 Å². The Bertz CT molecular complexity index is 1510. The third-order valence-electron chi connectivity index (χ3n) is 5.85. The lowest BCUT2D eigenvalue weighted by molar-refractivity contribution is -0.122. The van der Waals surface area contributed by atoms with E-state index in [9.17, 15) is 14.0 Å². The molecule has 1 fully saturated rings. The van der Waals surface area contributed by atoms with E-state index in [0.717, 1.165) is 10.9 Å². The average Bonchev–Trinajstić information content (AvgIpc) is 3.20. The second kappa shape index (κ2) is 9.15. The summed E-state index contributed by atoms with van der Waals surface area (Å²) in [5, 5.41) is 3.44. The lowest BCUT2D eigenvalue weighted by atomic mass is 10.1. The van der Waals surface area contributed by atoms with Gasteiger partial charge in [0, 0.05) is 28.2 Å². The monoisotopic (exact) mass is 485 g/mol. The molecule has 0 saturated carbocycles. The van der Waals surface area contributed by atoms with Crippen LogP contribution >= 0.6 is 12.2 Å². The molecule has 1 saturated heterocycles. The molecular formula is C27H20FN3O3S. The molecule has 0 atom stereocenters. The molecule has 6 nitrogen and oxygen atoms in total. The summed E-state index contributed by atoms with van der Waals surface area (Å²) in [6, 6.07) is 21.0. The number of ether oxygens (including phenoxy) is 1. The van der Waals surface area contributed by atoms with E-state index in [1.54, 1.807) is 55.7 Å². The van der Waals surface area contributed by atoms with Crippen LogP contribution in [0.1, 0.15) is 11.1 Å². The van der Waals surface area contributed by atoms with Crippen molar-refractivity contribution in [2.24, 2.45) is 0 Å². The zero-order chi connectivity index (χ0) is 24.5. The van der Waals surface area contributed by atoms with Crippen LogP contribution < -0.4 is 15.0 Å². The number of nitrogens with one attached hydrogen (secondary N) is 1. The molecule has 1 N–H and O–H groups in total. The van der Waals surface area contributed by atoms with Gasteiger partial charge in [-0.25, -0.2) is 4.39 Å². The van der Waals surface area contributed by atoms with E-state index in [2.05, 4.69) is 5.32 Å². The summed E-state index contributed by atoms with van der Waals surface area (Å²) in [4.78, 5) is 27.5. The minimum atomic E-state index is -0.573. The van der Waals surface area contributed by atoms with E-state index >= 15 is 0 Å². The van der Waals surface area contributed by atoms with Crippen molar-refractivity contribution in [3.8, 4) is 5.75 Å². The summed E-state index contributed by atoms with van der Waals surface area (Å²) in [6.07, 6.45) is 3.37. The van der Waals surface area contributed by atoms with Crippen molar-refractivity contribution in [2.45, 2.75) is 6.54 Å². The number of hydrogen-bond acceptors (Lipinski definition) is 4. The molecule has 2 amide bonds. The summed E-state index contributed by atoms with van der Waals surface area (Å²) in [5.41, 5.74) is 2.51. The largest absolute Gasteiger partial charge is 0.497 e. The lowest BCUT2D eigenvalue weighted by Gasteiger charge is -2.29. The second-order valence-corrected chi connectivity index (χ2v) is 8.36. The van der Waals surface area contributed by atoms with E-state index in [0.29, 0.717) is 29.1 Å². The summed E-state index contributed by atoms with van der Waals surface area (Å²) in [5.74, 6) is -0.771. The molecule has 2 heterocycles. The Labute approximate surface area is 206 Å². The quantitative estimate of drug-likeness (QED) is 0.254. The first-order valence-electron chi connectivity index (χ1n) is 10.8. The summed E-state index contributed by atoms with van der Waals surface area (Å²) >= 11 is 5.28. The van der Waals surface area contributed by atoms with Gasteiger partial charge in [-0.15, -0.1) is 0 Å².